The van der Waals surface area contributed by atoms with E-state index < -0.39 is 5.97 Å². The van der Waals surface area contributed by atoms with Gasteiger partial charge in [-0.15, -0.1) is 0 Å². The number of aromatic hydroxyl groups is 1. The molecule has 0 amide bonds. The molecule has 5 heteroatoms. The maximum Gasteiger partial charge on any atom is 0.304 e. The first-order valence-electron chi connectivity index (χ1n) is 9.47. The Morgan fingerprint density at radius 3 is 2.11 bits per heavy atom. The van der Waals surface area contributed by atoms with Crippen LogP contribution in [0.2, 0.25) is 0 Å². The van der Waals surface area contributed by atoms with E-state index in [1.54, 1.807) is 6.07 Å². The number of likely N-dealkylation sites (N-methyl/N-ethyl adjacent to an activating group) is 1. The van der Waals surface area contributed by atoms with Crippen molar-refractivity contribution in [3.8, 4) is 5.75 Å². The van der Waals surface area contributed by atoms with Gasteiger partial charge in [-0.1, -0.05) is 49.4 Å². The Kier molecular flexibility index (Phi) is 8.30. The molecule has 0 saturated carbocycles. The molecule has 0 heterocycles. The SMILES string of the molecule is CCN(CCN(CCC(=O)O)Cc1ccccc1C)Cc1ccccc1O. The first-order valence-corrected chi connectivity index (χ1v) is 9.47. The third kappa shape index (κ3) is 7.04. The van der Waals surface area contributed by atoms with E-state index in [0.29, 0.717) is 18.8 Å². The second-order valence-corrected chi connectivity index (χ2v) is 6.84. The Morgan fingerprint density at radius 1 is 0.889 bits per heavy atom. The highest BCUT2D eigenvalue weighted by atomic mass is 16.4. The number of carboxylic acid groups (broad SMARTS) is 1. The number of hydrogen-bond acceptors (Lipinski definition) is 4. The van der Waals surface area contributed by atoms with E-state index in [-0.39, 0.29) is 6.42 Å². The third-order valence-electron chi connectivity index (χ3n) is 4.86. The summed E-state index contributed by atoms with van der Waals surface area (Å²) in [5.41, 5.74) is 3.36. The van der Waals surface area contributed by atoms with Crippen molar-refractivity contribution in [2.75, 3.05) is 26.2 Å². The van der Waals surface area contributed by atoms with Crippen molar-refractivity contribution in [3.63, 3.8) is 0 Å². The number of benzene rings is 2. The third-order valence-corrected chi connectivity index (χ3v) is 4.86. The van der Waals surface area contributed by atoms with Gasteiger partial charge < -0.3 is 10.2 Å². The zero-order valence-electron chi connectivity index (χ0n) is 16.3. The van der Waals surface area contributed by atoms with Crippen LogP contribution in [0.1, 0.15) is 30.0 Å². The lowest BCUT2D eigenvalue weighted by Crippen LogP contribution is -2.36. The van der Waals surface area contributed by atoms with Crippen LogP contribution < -0.4 is 0 Å². The van der Waals surface area contributed by atoms with Crippen molar-refractivity contribution in [3.05, 3.63) is 65.2 Å². The number of aryl methyl sites for hydroxylation is 1. The first kappa shape index (κ1) is 20.9. The van der Waals surface area contributed by atoms with Gasteiger partial charge in [0, 0.05) is 38.3 Å². The van der Waals surface area contributed by atoms with E-state index >= 15 is 0 Å². The standard InChI is InChI=1S/C22H30N2O3/c1-3-23(17-20-10-6-7-11-21(20)25)14-15-24(13-12-22(26)27)16-19-9-5-4-8-18(19)2/h4-11,25H,3,12-17H2,1-2H3,(H,26,27). The lowest BCUT2D eigenvalue weighted by atomic mass is 10.1. The molecule has 0 atom stereocenters. The molecule has 0 saturated heterocycles. The van der Waals surface area contributed by atoms with Crippen LogP contribution in [0.15, 0.2) is 48.5 Å². The van der Waals surface area contributed by atoms with Crippen molar-refractivity contribution < 1.29 is 15.0 Å². The molecular weight excluding hydrogens is 340 g/mol. The lowest BCUT2D eigenvalue weighted by Gasteiger charge is -2.27. The van der Waals surface area contributed by atoms with Gasteiger partial charge in [-0.3, -0.25) is 14.6 Å². The molecule has 2 N–H and O–H groups in total. The summed E-state index contributed by atoms with van der Waals surface area (Å²) >= 11 is 0. The maximum atomic E-state index is 11.0. The fourth-order valence-electron chi connectivity index (χ4n) is 3.07. The van der Waals surface area contributed by atoms with Crippen LogP contribution >= 0.6 is 0 Å². The summed E-state index contributed by atoms with van der Waals surface area (Å²) in [4.78, 5) is 15.5. The van der Waals surface area contributed by atoms with Gasteiger partial charge in [-0.25, -0.2) is 0 Å². The zero-order valence-corrected chi connectivity index (χ0v) is 16.3. The average Bonchev–Trinajstić information content (AvgIpc) is 2.65. The number of phenolic OH excluding ortho intramolecular Hbond substituents is 1. The Morgan fingerprint density at radius 2 is 1.48 bits per heavy atom. The molecule has 146 valence electrons. The molecule has 0 aliphatic carbocycles. The Balaban J connectivity index is 1.99. The highest BCUT2D eigenvalue weighted by Gasteiger charge is 2.13. The highest BCUT2D eigenvalue weighted by Crippen LogP contribution is 2.18. The van der Waals surface area contributed by atoms with Crippen LogP contribution in [-0.4, -0.2) is 52.2 Å². The van der Waals surface area contributed by atoms with Crippen LogP contribution in [0.3, 0.4) is 0 Å². The summed E-state index contributed by atoms with van der Waals surface area (Å²) in [5.74, 6) is -0.454. The average molecular weight is 370 g/mol. The second kappa shape index (κ2) is 10.7. The first-order chi connectivity index (χ1) is 13.0. The zero-order chi connectivity index (χ0) is 19.6. The van der Waals surface area contributed by atoms with Gasteiger partial charge >= 0.3 is 5.97 Å². The van der Waals surface area contributed by atoms with Crippen LogP contribution in [0.4, 0.5) is 0 Å². The monoisotopic (exact) mass is 370 g/mol. The van der Waals surface area contributed by atoms with Gasteiger partial charge in [-0.2, -0.15) is 0 Å². The van der Waals surface area contributed by atoms with Crippen LogP contribution in [-0.2, 0) is 17.9 Å². The largest absolute Gasteiger partial charge is 0.508 e. The van der Waals surface area contributed by atoms with Crippen LogP contribution in [0, 0.1) is 6.92 Å². The molecule has 0 aromatic heterocycles. The summed E-state index contributed by atoms with van der Waals surface area (Å²) in [7, 11) is 0. The number of para-hydroxylation sites is 1. The van der Waals surface area contributed by atoms with Gasteiger partial charge in [0.15, 0.2) is 0 Å². The molecule has 27 heavy (non-hydrogen) atoms. The Labute approximate surface area is 161 Å². The fraction of sp³-hybridized carbons (Fsp3) is 0.409. The highest BCUT2D eigenvalue weighted by molar-refractivity contribution is 5.66. The molecule has 2 rings (SSSR count). The summed E-state index contributed by atoms with van der Waals surface area (Å²) in [6.07, 6.45) is 0.136. The van der Waals surface area contributed by atoms with E-state index in [2.05, 4.69) is 35.8 Å². The molecule has 0 radical (unpaired) electrons. The van der Waals surface area contributed by atoms with Crippen molar-refractivity contribution in [2.24, 2.45) is 0 Å². The topological polar surface area (TPSA) is 64.0 Å². The predicted molar refractivity (Wildman–Crippen MR) is 108 cm³/mol. The number of carboxylic acids is 1. The van der Waals surface area contributed by atoms with Crippen molar-refractivity contribution in [1.29, 1.82) is 0 Å². The summed E-state index contributed by atoms with van der Waals surface area (Å²) < 4.78 is 0. The van der Waals surface area contributed by atoms with E-state index in [9.17, 15) is 9.90 Å². The number of aliphatic carboxylic acids is 1. The van der Waals surface area contributed by atoms with Crippen LogP contribution in [0.5, 0.6) is 5.75 Å². The van der Waals surface area contributed by atoms with Gasteiger partial charge in [0.2, 0.25) is 0 Å². The maximum absolute atomic E-state index is 11.0. The summed E-state index contributed by atoms with van der Waals surface area (Å²) in [6.45, 7) is 8.60. The minimum absolute atomic E-state index is 0.136. The second-order valence-electron chi connectivity index (χ2n) is 6.84. The fourth-order valence-corrected chi connectivity index (χ4v) is 3.07. The van der Waals surface area contributed by atoms with Crippen LogP contribution in [0.25, 0.3) is 0 Å². The van der Waals surface area contributed by atoms with Gasteiger partial charge in [0.05, 0.1) is 6.42 Å². The van der Waals surface area contributed by atoms with E-state index in [1.165, 1.54) is 11.1 Å². The summed E-state index contributed by atoms with van der Waals surface area (Å²) in [6, 6.07) is 15.6. The van der Waals surface area contributed by atoms with Crippen molar-refractivity contribution in [1.82, 2.24) is 9.80 Å². The predicted octanol–water partition coefficient (Wildman–Crippen LogP) is 3.50. The molecule has 5 nitrogen and oxygen atoms in total. The minimum Gasteiger partial charge on any atom is -0.508 e. The molecular formula is C22H30N2O3. The van der Waals surface area contributed by atoms with Crippen molar-refractivity contribution in [2.45, 2.75) is 33.4 Å². The molecule has 2 aromatic carbocycles. The number of rotatable bonds is 11. The van der Waals surface area contributed by atoms with Gasteiger partial charge in [-0.05, 0) is 30.7 Å². The molecule has 0 unspecified atom stereocenters. The number of phenols is 1. The number of nitrogens with zero attached hydrogens (tertiary/aromatic N) is 2. The Hall–Kier alpha value is -2.37. The minimum atomic E-state index is -0.772. The molecule has 0 aliphatic heterocycles. The molecule has 0 aliphatic rings. The number of carbonyl (C=O) groups is 1. The summed E-state index contributed by atoms with van der Waals surface area (Å²) in [5, 5.41) is 19.1. The number of hydrogen-bond donors (Lipinski definition) is 2. The Bertz CT molecular complexity index is 733. The van der Waals surface area contributed by atoms with E-state index in [1.807, 2.05) is 30.3 Å². The molecule has 0 fully saturated rings. The smallest absolute Gasteiger partial charge is 0.304 e. The van der Waals surface area contributed by atoms with E-state index in [0.717, 1.165) is 31.7 Å². The molecule has 0 bridgehead atoms. The lowest BCUT2D eigenvalue weighted by molar-refractivity contribution is -0.137. The molecule has 0 spiro atoms. The van der Waals surface area contributed by atoms with Crippen molar-refractivity contribution >= 4 is 5.97 Å². The van der Waals surface area contributed by atoms with E-state index in [4.69, 9.17) is 5.11 Å². The van der Waals surface area contributed by atoms with Gasteiger partial charge in [0.25, 0.3) is 0 Å². The van der Waals surface area contributed by atoms with Gasteiger partial charge in [0.1, 0.15) is 5.75 Å². The quantitative estimate of drug-likeness (QED) is 0.634. The normalized spacial score (nSPS) is 11.3. The molecule has 2 aromatic rings.